The second-order valence-corrected chi connectivity index (χ2v) is 12.1. The van der Waals surface area contributed by atoms with Crippen molar-refractivity contribution in [3.8, 4) is 17.2 Å². The molecule has 3 aromatic rings. The Morgan fingerprint density at radius 2 is 1.64 bits per heavy atom. The van der Waals surface area contributed by atoms with Crippen LogP contribution in [0.25, 0.3) is 0 Å². The molecule has 236 valence electrons. The fraction of sp³-hybridized carbons (Fsp3) is 0.276. The number of aromatic hydroxyl groups is 1. The molecule has 0 bridgehead atoms. The summed E-state index contributed by atoms with van der Waals surface area (Å²) in [6.07, 6.45) is -0.0813. The normalized spacial score (nSPS) is 11.8. The number of carbonyl (C=O) groups excluding carboxylic acids is 3. The molecule has 0 aromatic heterocycles. The van der Waals surface area contributed by atoms with Crippen LogP contribution in [0, 0.1) is 0 Å². The predicted octanol–water partition coefficient (Wildman–Crippen LogP) is 4.29. The Kier molecular flexibility index (Phi) is 12.2. The smallest absolute Gasteiger partial charge is 0.258 e. The Morgan fingerprint density at radius 1 is 0.932 bits per heavy atom. The lowest BCUT2D eigenvalue weighted by molar-refractivity contribution is -0.123. The van der Waals surface area contributed by atoms with E-state index in [0.29, 0.717) is 5.75 Å². The first-order chi connectivity index (χ1) is 20.9. The van der Waals surface area contributed by atoms with Gasteiger partial charge in [0.05, 0.1) is 40.0 Å². The molecule has 0 heterocycles. The van der Waals surface area contributed by atoms with Crippen LogP contribution in [0.5, 0.6) is 17.2 Å². The van der Waals surface area contributed by atoms with Gasteiger partial charge in [0.25, 0.3) is 11.8 Å². The summed E-state index contributed by atoms with van der Waals surface area (Å²) in [5.41, 5.74) is -0.148. The van der Waals surface area contributed by atoms with Gasteiger partial charge in [-0.3, -0.25) is 14.4 Å². The van der Waals surface area contributed by atoms with E-state index >= 15 is 0 Å². The second kappa shape index (κ2) is 15.6. The number of sulfone groups is 1. The molecule has 3 rings (SSSR count). The molecule has 44 heavy (non-hydrogen) atoms. The van der Waals surface area contributed by atoms with Crippen molar-refractivity contribution in [2.24, 2.45) is 0 Å². The van der Waals surface area contributed by atoms with Crippen molar-refractivity contribution in [2.45, 2.75) is 23.5 Å². The number of rotatable bonds is 14. The van der Waals surface area contributed by atoms with Crippen LogP contribution in [0.1, 0.15) is 23.7 Å². The zero-order valence-electron chi connectivity index (χ0n) is 24.0. The van der Waals surface area contributed by atoms with Crippen LogP contribution in [-0.2, 0) is 24.2 Å². The Morgan fingerprint density at radius 3 is 2.25 bits per heavy atom. The topological polar surface area (TPSA) is 169 Å². The Bertz CT molecular complexity index is 1620. The summed E-state index contributed by atoms with van der Waals surface area (Å²) < 4.78 is 42.3. The maximum atomic E-state index is 13.3. The van der Waals surface area contributed by atoms with Crippen molar-refractivity contribution in [1.82, 2.24) is 5.32 Å². The van der Waals surface area contributed by atoms with E-state index in [1.807, 2.05) is 0 Å². The first-order valence-corrected chi connectivity index (χ1v) is 15.4. The van der Waals surface area contributed by atoms with Crippen LogP contribution in [0.15, 0.2) is 59.5 Å². The molecule has 0 radical (unpaired) electrons. The van der Waals surface area contributed by atoms with Gasteiger partial charge in [0.2, 0.25) is 5.91 Å². The van der Waals surface area contributed by atoms with E-state index in [0.717, 1.165) is 6.07 Å². The maximum absolute atomic E-state index is 13.3. The van der Waals surface area contributed by atoms with Gasteiger partial charge in [0.1, 0.15) is 22.5 Å². The SMILES string of the molecule is CCC(C(=O)Nc1cc(O)c(NC(=O)c2ccc(Cl)c(Cl)c2)cc1OCC(=O)NCCOC)S(=O)(=O)c1ccc(OC)cc1. The highest BCUT2D eigenvalue weighted by molar-refractivity contribution is 7.92. The van der Waals surface area contributed by atoms with Crippen molar-refractivity contribution >= 4 is 62.1 Å². The summed E-state index contributed by atoms with van der Waals surface area (Å²) >= 11 is 11.9. The molecule has 12 nitrogen and oxygen atoms in total. The zero-order valence-corrected chi connectivity index (χ0v) is 26.3. The summed E-state index contributed by atoms with van der Waals surface area (Å²) in [4.78, 5) is 38.4. The van der Waals surface area contributed by atoms with Gasteiger partial charge in [-0.2, -0.15) is 0 Å². The van der Waals surface area contributed by atoms with E-state index in [1.165, 1.54) is 69.7 Å². The van der Waals surface area contributed by atoms with Gasteiger partial charge in [-0.15, -0.1) is 0 Å². The lowest BCUT2D eigenvalue weighted by atomic mass is 10.2. The Labute approximate surface area is 264 Å². The van der Waals surface area contributed by atoms with Gasteiger partial charge in [-0.1, -0.05) is 30.1 Å². The first kappa shape index (κ1) is 34.5. The summed E-state index contributed by atoms with van der Waals surface area (Å²) in [5.74, 6) is -2.28. The standard InChI is InChI=1S/C29H31Cl2N3O9S/c1-4-26(44(39,40)19-8-6-18(42-3)7-9-19)29(38)34-23-14-24(35)22(15-25(23)43-16-27(36)32-11-12-41-2)33-28(37)17-5-10-20(30)21(31)13-17/h5-10,13-15,26,35H,4,11-12,16H2,1-3H3,(H,32,36)(H,33,37)(H,34,38). The largest absolute Gasteiger partial charge is 0.506 e. The van der Waals surface area contributed by atoms with Crippen molar-refractivity contribution in [3.05, 3.63) is 70.2 Å². The number of carbonyl (C=O) groups is 3. The minimum absolute atomic E-state index is 0.0813. The van der Waals surface area contributed by atoms with Crippen molar-refractivity contribution in [1.29, 1.82) is 0 Å². The molecule has 0 aliphatic carbocycles. The second-order valence-electron chi connectivity index (χ2n) is 9.19. The van der Waals surface area contributed by atoms with Gasteiger partial charge in [-0.05, 0) is 48.9 Å². The molecule has 0 aliphatic heterocycles. The van der Waals surface area contributed by atoms with Crippen molar-refractivity contribution < 1.29 is 42.1 Å². The molecule has 3 amide bonds. The molecule has 0 fully saturated rings. The number of methoxy groups -OCH3 is 2. The van der Waals surface area contributed by atoms with Gasteiger partial charge in [0, 0.05) is 31.4 Å². The van der Waals surface area contributed by atoms with Crippen LogP contribution < -0.4 is 25.4 Å². The summed E-state index contributed by atoms with van der Waals surface area (Å²) in [5, 5.41) is 17.2. The number of anilines is 2. The van der Waals surface area contributed by atoms with Crippen molar-refractivity contribution in [3.63, 3.8) is 0 Å². The molecule has 4 N–H and O–H groups in total. The molecule has 0 saturated heterocycles. The predicted molar refractivity (Wildman–Crippen MR) is 166 cm³/mol. The number of ether oxygens (including phenoxy) is 3. The van der Waals surface area contributed by atoms with E-state index in [-0.39, 0.29) is 57.2 Å². The van der Waals surface area contributed by atoms with Crippen LogP contribution >= 0.6 is 23.2 Å². The minimum Gasteiger partial charge on any atom is -0.506 e. The van der Waals surface area contributed by atoms with E-state index in [1.54, 1.807) is 0 Å². The number of halogens is 2. The average Bonchev–Trinajstić information content (AvgIpc) is 2.99. The molecule has 0 aliphatic rings. The van der Waals surface area contributed by atoms with Gasteiger partial charge >= 0.3 is 0 Å². The molecular formula is C29H31Cl2N3O9S. The van der Waals surface area contributed by atoms with Crippen LogP contribution in [0.4, 0.5) is 11.4 Å². The maximum Gasteiger partial charge on any atom is 0.258 e. The summed E-state index contributed by atoms with van der Waals surface area (Å²) in [6.45, 7) is 1.49. The fourth-order valence-corrected chi connectivity index (χ4v) is 5.81. The third-order valence-electron chi connectivity index (χ3n) is 6.20. The summed E-state index contributed by atoms with van der Waals surface area (Å²) in [6, 6.07) is 12.0. The first-order valence-electron chi connectivity index (χ1n) is 13.1. The number of amides is 3. The highest BCUT2D eigenvalue weighted by Gasteiger charge is 2.33. The molecule has 15 heteroatoms. The minimum atomic E-state index is -4.14. The lowest BCUT2D eigenvalue weighted by Crippen LogP contribution is -2.35. The highest BCUT2D eigenvalue weighted by Crippen LogP contribution is 2.37. The third kappa shape index (κ3) is 8.76. The number of phenolic OH excluding ortho intramolecular Hbond substituents is 1. The van der Waals surface area contributed by atoms with Crippen LogP contribution in [-0.4, -0.2) is 70.5 Å². The van der Waals surface area contributed by atoms with Gasteiger partial charge < -0.3 is 35.3 Å². The molecule has 0 saturated carbocycles. The number of hydrogen-bond donors (Lipinski definition) is 4. The lowest BCUT2D eigenvalue weighted by Gasteiger charge is -2.19. The van der Waals surface area contributed by atoms with E-state index in [9.17, 15) is 27.9 Å². The zero-order chi connectivity index (χ0) is 32.4. The van der Waals surface area contributed by atoms with Gasteiger partial charge in [-0.25, -0.2) is 8.42 Å². The number of nitrogens with one attached hydrogen (secondary N) is 3. The van der Waals surface area contributed by atoms with Crippen molar-refractivity contribution in [2.75, 3.05) is 44.6 Å². The van der Waals surface area contributed by atoms with E-state index in [2.05, 4.69) is 16.0 Å². The molecular weight excluding hydrogens is 637 g/mol. The number of hydrogen-bond acceptors (Lipinski definition) is 9. The van der Waals surface area contributed by atoms with Crippen LogP contribution in [0.2, 0.25) is 10.0 Å². The van der Waals surface area contributed by atoms with Crippen LogP contribution in [0.3, 0.4) is 0 Å². The molecule has 1 atom stereocenters. The van der Waals surface area contributed by atoms with Gasteiger partial charge in [0.15, 0.2) is 16.4 Å². The Balaban J connectivity index is 1.91. The highest BCUT2D eigenvalue weighted by atomic mass is 35.5. The summed E-state index contributed by atoms with van der Waals surface area (Å²) in [7, 11) is -1.23. The third-order valence-corrected chi connectivity index (χ3v) is 9.16. The molecule has 0 spiro atoms. The molecule has 1 unspecified atom stereocenters. The van der Waals surface area contributed by atoms with E-state index < -0.39 is 45.2 Å². The molecule has 3 aromatic carbocycles. The fourth-order valence-electron chi connectivity index (χ4n) is 3.89. The number of benzene rings is 3. The van der Waals surface area contributed by atoms with E-state index in [4.69, 9.17) is 37.4 Å². The quantitative estimate of drug-likeness (QED) is 0.145. The average molecular weight is 669 g/mol. The Hall–Kier alpha value is -4.04. The number of phenols is 1. The monoisotopic (exact) mass is 667 g/mol.